The molecule has 2 aromatic carbocycles. The van der Waals surface area contributed by atoms with Gasteiger partial charge in [-0.1, -0.05) is 54.6 Å². The quantitative estimate of drug-likeness (QED) is 0.731. The average Bonchev–Trinajstić information content (AvgIpc) is 2.81. The molecule has 102 valence electrons. The topological polar surface area (TPSA) is 0 Å². The molecule has 0 atom stereocenters. The molecule has 0 fully saturated rings. The van der Waals surface area contributed by atoms with Crippen LogP contribution in [-0.2, 0) is 12.8 Å². The molecule has 3 rings (SSSR count). The molecule has 0 aromatic heterocycles. The standard InChI is InChI=1S/C17H13F3/c18-17(19,20)11-12-5-7-13(8-6-12)16-9-14-3-1-2-4-15(14)10-16/h1-9H,10-11H2. The highest BCUT2D eigenvalue weighted by Crippen LogP contribution is 2.31. The third kappa shape index (κ3) is 2.77. The van der Waals surface area contributed by atoms with Crippen LogP contribution in [0.5, 0.6) is 0 Å². The minimum absolute atomic E-state index is 0.303. The van der Waals surface area contributed by atoms with Gasteiger partial charge in [0, 0.05) is 0 Å². The molecular formula is C17H13F3. The zero-order valence-corrected chi connectivity index (χ0v) is 10.7. The monoisotopic (exact) mass is 274 g/mol. The van der Waals surface area contributed by atoms with Crippen molar-refractivity contribution in [1.82, 2.24) is 0 Å². The lowest BCUT2D eigenvalue weighted by molar-refractivity contribution is -0.127. The van der Waals surface area contributed by atoms with E-state index in [4.69, 9.17) is 0 Å². The highest BCUT2D eigenvalue weighted by Gasteiger charge is 2.27. The molecule has 3 heteroatoms. The zero-order valence-electron chi connectivity index (χ0n) is 10.7. The molecule has 0 saturated heterocycles. The number of fused-ring (bicyclic) bond motifs is 1. The van der Waals surface area contributed by atoms with Crippen molar-refractivity contribution in [2.24, 2.45) is 0 Å². The van der Waals surface area contributed by atoms with Crippen molar-refractivity contribution < 1.29 is 13.2 Å². The van der Waals surface area contributed by atoms with Gasteiger partial charge in [0.15, 0.2) is 0 Å². The Kier molecular flexibility index (Phi) is 3.13. The van der Waals surface area contributed by atoms with Gasteiger partial charge in [0.25, 0.3) is 0 Å². The molecule has 0 bridgehead atoms. The minimum Gasteiger partial charge on any atom is -0.171 e. The van der Waals surface area contributed by atoms with E-state index in [9.17, 15) is 13.2 Å². The maximum atomic E-state index is 12.3. The van der Waals surface area contributed by atoms with Gasteiger partial charge in [-0.3, -0.25) is 0 Å². The Labute approximate surface area is 115 Å². The summed E-state index contributed by atoms with van der Waals surface area (Å²) >= 11 is 0. The molecular weight excluding hydrogens is 261 g/mol. The Bertz CT molecular complexity index is 649. The summed E-state index contributed by atoms with van der Waals surface area (Å²) in [6.07, 6.45) is -2.07. The summed E-state index contributed by atoms with van der Waals surface area (Å²) in [5.74, 6) is 0. The minimum atomic E-state index is -4.15. The van der Waals surface area contributed by atoms with E-state index in [1.807, 2.05) is 12.1 Å². The van der Waals surface area contributed by atoms with Crippen LogP contribution in [0.3, 0.4) is 0 Å². The van der Waals surface area contributed by atoms with Gasteiger partial charge >= 0.3 is 6.18 Å². The Balaban J connectivity index is 1.80. The normalized spacial score (nSPS) is 14.1. The van der Waals surface area contributed by atoms with Crippen LogP contribution in [0.4, 0.5) is 13.2 Å². The maximum absolute atomic E-state index is 12.3. The summed E-state index contributed by atoms with van der Waals surface area (Å²) in [7, 11) is 0. The molecule has 0 saturated carbocycles. The Morgan fingerprint density at radius 1 is 0.900 bits per heavy atom. The molecule has 0 N–H and O–H groups in total. The Morgan fingerprint density at radius 3 is 2.25 bits per heavy atom. The molecule has 0 radical (unpaired) electrons. The van der Waals surface area contributed by atoms with Gasteiger partial charge in [-0.25, -0.2) is 0 Å². The van der Waals surface area contributed by atoms with Crippen molar-refractivity contribution in [3.8, 4) is 0 Å². The molecule has 0 aliphatic heterocycles. The van der Waals surface area contributed by atoms with E-state index in [1.54, 1.807) is 24.3 Å². The zero-order chi connectivity index (χ0) is 14.2. The van der Waals surface area contributed by atoms with E-state index < -0.39 is 12.6 Å². The molecule has 0 amide bonds. The van der Waals surface area contributed by atoms with Gasteiger partial charge in [-0.2, -0.15) is 13.2 Å². The van der Waals surface area contributed by atoms with E-state index in [-0.39, 0.29) is 0 Å². The molecule has 0 unspecified atom stereocenters. The number of alkyl halides is 3. The number of rotatable bonds is 2. The molecule has 2 aromatic rings. The summed E-state index contributed by atoms with van der Waals surface area (Å²) in [4.78, 5) is 0. The molecule has 20 heavy (non-hydrogen) atoms. The second-order valence-corrected chi connectivity index (χ2v) is 5.03. The first-order valence-corrected chi connectivity index (χ1v) is 6.46. The van der Waals surface area contributed by atoms with E-state index in [0.29, 0.717) is 5.56 Å². The number of allylic oxidation sites excluding steroid dienone is 1. The van der Waals surface area contributed by atoms with Crippen LogP contribution in [0.1, 0.15) is 22.3 Å². The largest absolute Gasteiger partial charge is 0.393 e. The summed E-state index contributed by atoms with van der Waals surface area (Å²) in [6.45, 7) is 0. The van der Waals surface area contributed by atoms with Crippen molar-refractivity contribution in [1.29, 1.82) is 0 Å². The van der Waals surface area contributed by atoms with Gasteiger partial charge in [0.1, 0.15) is 0 Å². The average molecular weight is 274 g/mol. The third-order valence-electron chi connectivity index (χ3n) is 3.50. The van der Waals surface area contributed by atoms with Gasteiger partial charge < -0.3 is 0 Å². The van der Waals surface area contributed by atoms with Crippen LogP contribution in [0.25, 0.3) is 11.6 Å². The predicted molar refractivity (Wildman–Crippen MR) is 74.2 cm³/mol. The van der Waals surface area contributed by atoms with E-state index in [1.165, 1.54) is 11.1 Å². The number of benzene rings is 2. The van der Waals surface area contributed by atoms with Crippen LogP contribution in [0.15, 0.2) is 48.5 Å². The third-order valence-corrected chi connectivity index (χ3v) is 3.50. The van der Waals surface area contributed by atoms with Crippen molar-refractivity contribution in [3.05, 3.63) is 70.8 Å². The van der Waals surface area contributed by atoms with Crippen LogP contribution in [-0.4, -0.2) is 6.18 Å². The van der Waals surface area contributed by atoms with Crippen LogP contribution in [0.2, 0.25) is 0 Å². The van der Waals surface area contributed by atoms with Gasteiger partial charge in [-0.05, 0) is 34.2 Å². The van der Waals surface area contributed by atoms with Crippen molar-refractivity contribution in [2.45, 2.75) is 19.0 Å². The van der Waals surface area contributed by atoms with Gasteiger partial charge in [0.05, 0.1) is 6.42 Å². The molecule has 0 spiro atoms. The number of halogens is 3. The van der Waals surface area contributed by atoms with Crippen molar-refractivity contribution in [3.63, 3.8) is 0 Å². The first-order chi connectivity index (χ1) is 9.51. The van der Waals surface area contributed by atoms with Gasteiger partial charge in [-0.15, -0.1) is 0 Å². The second kappa shape index (κ2) is 4.82. The smallest absolute Gasteiger partial charge is 0.171 e. The number of hydrogen-bond donors (Lipinski definition) is 0. The van der Waals surface area contributed by atoms with Crippen LogP contribution in [0, 0.1) is 0 Å². The van der Waals surface area contributed by atoms with Gasteiger partial charge in [0.2, 0.25) is 0 Å². The molecule has 1 aliphatic carbocycles. The lowest BCUT2D eigenvalue weighted by atomic mass is 10.0. The van der Waals surface area contributed by atoms with E-state index in [0.717, 1.165) is 17.6 Å². The van der Waals surface area contributed by atoms with E-state index >= 15 is 0 Å². The van der Waals surface area contributed by atoms with Crippen LogP contribution < -0.4 is 0 Å². The first kappa shape index (κ1) is 13.0. The molecule has 0 heterocycles. The van der Waals surface area contributed by atoms with Crippen molar-refractivity contribution >= 4 is 11.6 Å². The predicted octanol–water partition coefficient (Wildman–Crippen LogP) is 4.89. The fourth-order valence-electron chi connectivity index (χ4n) is 2.53. The lowest BCUT2D eigenvalue weighted by Crippen LogP contribution is -2.11. The summed E-state index contributed by atoms with van der Waals surface area (Å²) in [6, 6.07) is 14.8. The number of hydrogen-bond acceptors (Lipinski definition) is 0. The summed E-state index contributed by atoms with van der Waals surface area (Å²) in [5, 5.41) is 0. The lowest BCUT2D eigenvalue weighted by Gasteiger charge is -2.08. The fraction of sp³-hybridized carbons (Fsp3) is 0.176. The highest BCUT2D eigenvalue weighted by atomic mass is 19.4. The maximum Gasteiger partial charge on any atom is 0.393 e. The molecule has 0 nitrogen and oxygen atoms in total. The fourth-order valence-corrected chi connectivity index (χ4v) is 2.53. The van der Waals surface area contributed by atoms with E-state index in [2.05, 4.69) is 18.2 Å². The summed E-state index contributed by atoms with van der Waals surface area (Å²) < 4.78 is 36.9. The Morgan fingerprint density at radius 2 is 1.60 bits per heavy atom. The SMILES string of the molecule is FC(F)(F)Cc1ccc(C2=Cc3ccccc3C2)cc1. The second-order valence-electron chi connectivity index (χ2n) is 5.03. The van der Waals surface area contributed by atoms with Crippen molar-refractivity contribution in [2.75, 3.05) is 0 Å². The van der Waals surface area contributed by atoms with Crippen LogP contribution >= 0.6 is 0 Å². The summed E-state index contributed by atoms with van der Waals surface area (Å²) in [5.41, 5.74) is 4.91. The molecule has 1 aliphatic rings. The highest BCUT2D eigenvalue weighted by molar-refractivity contribution is 5.88. The Hall–Kier alpha value is -2.03. The first-order valence-electron chi connectivity index (χ1n) is 6.46.